The van der Waals surface area contributed by atoms with E-state index in [4.69, 9.17) is 14.0 Å². The molecule has 0 aromatic carbocycles. The third-order valence-electron chi connectivity index (χ3n) is 2.43. The van der Waals surface area contributed by atoms with Crippen molar-refractivity contribution in [1.82, 2.24) is 20.2 Å². The minimum atomic E-state index is -0.470. The summed E-state index contributed by atoms with van der Waals surface area (Å²) in [6.45, 7) is 7.29. The molecule has 0 saturated heterocycles. The molecule has 0 aliphatic carbocycles. The van der Waals surface area contributed by atoms with Crippen molar-refractivity contribution in [2.24, 2.45) is 0 Å². The smallest absolute Gasteiger partial charge is 0.204 e. The molecule has 0 saturated carbocycles. The normalized spacial score (nSPS) is 11.4. The lowest BCUT2D eigenvalue weighted by atomic mass is 10.4. The number of nitrogens with zero attached hydrogens (tertiary/aromatic N) is 4. The molecule has 2 aromatic heterocycles. The van der Waals surface area contributed by atoms with Crippen LogP contribution in [0.5, 0.6) is 0 Å². The van der Waals surface area contributed by atoms with E-state index in [9.17, 15) is 0 Å². The molecule has 2 heterocycles. The van der Waals surface area contributed by atoms with Crippen LogP contribution >= 0.6 is 0 Å². The van der Waals surface area contributed by atoms with Crippen molar-refractivity contribution in [1.29, 1.82) is 0 Å². The summed E-state index contributed by atoms with van der Waals surface area (Å²) in [7, 11) is 0. The summed E-state index contributed by atoms with van der Waals surface area (Å²) in [4.78, 5) is 0. The molecule has 0 spiro atoms. The van der Waals surface area contributed by atoms with Crippen LogP contribution in [0.15, 0.2) is 16.8 Å². The second kappa shape index (κ2) is 6.44. The number of aryl methyl sites for hydroxylation is 1. The molecular formula is C12H18N4O3. The molecule has 2 aromatic rings. The third-order valence-corrected chi connectivity index (χ3v) is 2.43. The number of aromatic nitrogens is 4. The standard InChI is InChI=1S/C12H18N4O3/c1-4-17-12(18-5-2)11-8-16(15-13-11)7-10-6-9(3)19-14-10/h6,8,12H,4-5,7H2,1-3H3. The lowest BCUT2D eigenvalue weighted by Gasteiger charge is -2.13. The number of ether oxygens (including phenoxy) is 2. The maximum atomic E-state index is 5.46. The van der Waals surface area contributed by atoms with Gasteiger partial charge in [-0.25, -0.2) is 4.68 Å². The maximum Gasteiger partial charge on any atom is 0.204 e. The van der Waals surface area contributed by atoms with Crippen molar-refractivity contribution in [2.45, 2.75) is 33.6 Å². The Hall–Kier alpha value is -1.73. The molecule has 0 N–H and O–H groups in total. The fraction of sp³-hybridized carbons (Fsp3) is 0.583. The Morgan fingerprint density at radius 2 is 2.05 bits per heavy atom. The Bertz CT molecular complexity index is 503. The zero-order valence-electron chi connectivity index (χ0n) is 11.4. The van der Waals surface area contributed by atoms with E-state index in [0.29, 0.717) is 25.5 Å². The van der Waals surface area contributed by atoms with Crippen molar-refractivity contribution in [3.8, 4) is 0 Å². The summed E-state index contributed by atoms with van der Waals surface area (Å²) < 4.78 is 17.6. The van der Waals surface area contributed by atoms with Crippen molar-refractivity contribution >= 4 is 0 Å². The Labute approximate surface area is 111 Å². The molecule has 7 heteroatoms. The molecule has 0 unspecified atom stereocenters. The van der Waals surface area contributed by atoms with Crippen molar-refractivity contribution in [3.63, 3.8) is 0 Å². The molecule has 0 amide bonds. The summed E-state index contributed by atoms with van der Waals surface area (Å²) >= 11 is 0. The minimum absolute atomic E-state index is 0.470. The van der Waals surface area contributed by atoms with Crippen LogP contribution in [0.1, 0.15) is 37.3 Å². The van der Waals surface area contributed by atoms with Crippen LogP contribution in [-0.2, 0) is 16.0 Å². The highest BCUT2D eigenvalue weighted by Gasteiger charge is 2.16. The van der Waals surface area contributed by atoms with E-state index in [1.54, 1.807) is 10.9 Å². The average molecular weight is 266 g/mol. The van der Waals surface area contributed by atoms with Crippen molar-refractivity contribution < 1.29 is 14.0 Å². The second-order valence-electron chi connectivity index (χ2n) is 4.01. The third kappa shape index (κ3) is 3.62. The van der Waals surface area contributed by atoms with Gasteiger partial charge in [0.2, 0.25) is 6.29 Å². The first-order valence-corrected chi connectivity index (χ1v) is 6.28. The number of rotatable bonds is 7. The minimum Gasteiger partial charge on any atom is -0.361 e. The zero-order chi connectivity index (χ0) is 13.7. The Morgan fingerprint density at radius 1 is 1.32 bits per heavy atom. The van der Waals surface area contributed by atoms with E-state index in [2.05, 4.69) is 15.5 Å². The summed E-state index contributed by atoms with van der Waals surface area (Å²) in [5, 5.41) is 12.0. The molecule has 0 aliphatic heterocycles. The summed E-state index contributed by atoms with van der Waals surface area (Å²) in [5.41, 5.74) is 1.46. The fourth-order valence-electron chi connectivity index (χ4n) is 1.68. The van der Waals surface area contributed by atoms with Gasteiger partial charge in [-0.05, 0) is 20.8 Å². The van der Waals surface area contributed by atoms with Crippen LogP contribution in [0, 0.1) is 6.92 Å². The highest BCUT2D eigenvalue weighted by molar-refractivity contribution is 5.04. The van der Waals surface area contributed by atoms with Gasteiger partial charge < -0.3 is 14.0 Å². The Balaban J connectivity index is 2.04. The largest absolute Gasteiger partial charge is 0.361 e. The van der Waals surface area contributed by atoms with Crippen LogP contribution < -0.4 is 0 Å². The maximum absolute atomic E-state index is 5.46. The van der Waals surface area contributed by atoms with E-state index in [-0.39, 0.29) is 0 Å². The van der Waals surface area contributed by atoms with Gasteiger partial charge in [-0.15, -0.1) is 5.10 Å². The number of hydrogen-bond donors (Lipinski definition) is 0. The van der Waals surface area contributed by atoms with Gasteiger partial charge in [0, 0.05) is 19.3 Å². The highest BCUT2D eigenvalue weighted by atomic mass is 16.7. The fourth-order valence-corrected chi connectivity index (χ4v) is 1.68. The van der Waals surface area contributed by atoms with Gasteiger partial charge in [-0.3, -0.25) is 0 Å². The monoisotopic (exact) mass is 266 g/mol. The van der Waals surface area contributed by atoms with E-state index in [1.807, 2.05) is 26.8 Å². The first-order chi connectivity index (χ1) is 9.22. The van der Waals surface area contributed by atoms with E-state index in [0.717, 1.165) is 11.5 Å². The van der Waals surface area contributed by atoms with Gasteiger partial charge in [0.25, 0.3) is 0 Å². The van der Waals surface area contributed by atoms with E-state index in [1.165, 1.54) is 0 Å². The van der Waals surface area contributed by atoms with E-state index < -0.39 is 6.29 Å². The van der Waals surface area contributed by atoms with Crippen molar-refractivity contribution in [2.75, 3.05) is 13.2 Å². The molecule has 2 rings (SSSR count). The van der Waals surface area contributed by atoms with Gasteiger partial charge in [-0.2, -0.15) is 0 Å². The highest BCUT2D eigenvalue weighted by Crippen LogP contribution is 2.16. The molecule has 0 fully saturated rings. The van der Waals surface area contributed by atoms with Gasteiger partial charge in [0.1, 0.15) is 17.1 Å². The topological polar surface area (TPSA) is 75.2 Å². The van der Waals surface area contributed by atoms with E-state index >= 15 is 0 Å². The average Bonchev–Trinajstić information content (AvgIpc) is 2.99. The van der Waals surface area contributed by atoms with Crippen molar-refractivity contribution in [3.05, 3.63) is 29.4 Å². The molecule has 0 radical (unpaired) electrons. The summed E-state index contributed by atoms with van der Waals surface area (Å²) in [6.07, 6.45) is 1.32. The summed E-state index contributed by atoms with van der Waals surface area (Å²) in [6, 6.07) is 1.87. The quantitative estimate of drug-likeness (QED) is 0.710. The van der Waals surface area contributed by atoms with Gasteiger partial charge in [0.05, 0.1) is 12.7 Å². The zero-order valence-corrected chi connectivity index (χ0v) is 11.4. The molecule has 104 valence electrons. The lowest BCUT2D eigenvalue weighted by molar-refractivity contribution is -0.142. The van der Waals surface area contributed by atoms with Crippen LogP contribution in [0.4, 0.5) is 0 Å². The molecule has 19 heavy (non-hydrogen) atoms. The molecule has 0 aliphatic rings. The first-order valence-electron chi connectivity index (χ1n) is 6.28. The van der Waals surface area contributed by atoms with Crippen LogP contribution in [0.2, 0.25) is 0 Å². The van der Waals surface area contributed by atoms with Gasteiger partial charge in [-0.1, -0.05) is 10.4 Å². The van der Waals surface area contributed by atoms with Crippen LogP contribution in [-0.4, -0.2) is 33.4 Å². The second-order valence-corrected chi connectivity index (χ2v) is 4.01. The Morgan fingerprint density at radius 3 is 2.63 bits per heavy atom. The lowest BCUT2D eigenvalue weighted by Crippen LogP contribution is -2.09. The molecular weight excluding hydrogens is 248 g/mol. The van der Waals surface area contributed by atoms with Gasteiger partial charge >= 0.3 is 0 Å². The molecule has 7 nitrogen and oxygen atoms in total. The summed E-state index contributed by atoms with van der Waals surface area (Å²) in [5.74, 6) is 0.775. The first kappa shape index (κ1) is 13.7. The van der Waals surface area contributed by atoms with Crippen LogP contribution in [0.3, 0.4) is 0 Å². The molecule has 0 bridgehead atoms. The predicted octanol–water partition coefficient (Wildman–Crippen LogP) is 1.69. The molecule has 0 atom stereocenters. The SMILES string of the molecule is CCOC(OCC)c1cn(Cc2cc(C)on2)nn1. The van der Waals surface area contributed by atoms with Gasteiger partial charge in [0.15, 0.2) is 0 Å². The number of hydrogen-bond acceptors (Lipinski definition) is 6. The predicted molar refractivity (Wildman–Crippen MR) is 66.4 cm³/mol. The van der Waals surface area contributed by atoms with Crippen LogP contribution in [0.25, 0.3) is 0 Å². The Kier molecular flexibility index (Phi) is 4.64.